The molecule has 1 fully saturated rings. The summed E-state index contributed by atoms with van der Waals surface area (Å²) in [5.74, 6) is -0.0745. The third-order valence-electron chi connectivity index (χ3n) is 3.37. The quantitative estimate of drug-likeness (QED) is 0.255. The monoisotopic (exact) mass is 399 g/mol. The molecule has 0 saturated carbocycles. The van der Waals surface area contributed by atoms with Gasteiger partial charge in [0.15, 0.2) is 10.5 Å². The Kier molecular flexibility index (Phi) is 6.00. The Balaban J connectivity index is 2.15. The van der Waals surface area contributed by atoms with Crippen molar-refractivity contribution in [3.8, 4) is 0 Å². The second kappa shape index (κ2) is 7.85. The number of carbonyl (C=O) groups excluding carboxylic acids is 1. The highest BCUT2D eigenvalue weighted by Crippen LogP contribution is 2.42. The van der Waals surface area contributed by atoms with Gasteiger partial charge in [-0.2, -0.15) is 10.2 Å². The molecule has 12 heteroatoms. The summed E-state index contributed by atoms with van der Waals surface area (Å²) in [5.41, 5.74) is 0. The van der Waals surface area contributed by atoms with Crippen LogP contribution in [0.4, 0.5) is 10.7 Å². The number of thioether (sulfide) groups is 1. The number of nitro groups is 1. The molecule has 10 nitrogen and oxygen atoms in total. The molecular formula is C14H17N5O5S2. The lowest BCUT2D eigenvalue weighted by molar-refractivity contribution is -0.402. The van der Waals surface area contributed by atoms with Crippen LogP contribution in [-0.2, 0) is 0 Å². The molecule has 1 aromatic heterocycles. The summed E-state index contributed by atoms with van der Waals surface area (Å²) >= 11 is 6.57. The molecule has 0 spiro atoms. The SMILES string of the molecule is CNC(=O)N(O)C1N(N=CC=Cc2ccc([N+](=O)[O-])o2)C(=S)SC1(C)C. The first-order chi connectivity index (χ1) is 12.2. The molecular weight excluding hydrogens is 382 g/mol. The van der Waals surface area contributed by atoms with Crippen LogP contribution < -0.4 is 5.32 Å². The van der Waals surface area contributed by atoms with Gasteiger partial charge >= 0.3 is 11.9 Å². The number of allylic oxidation sites excluding steroid dienone is 1. The van der Waals surface area contributed by atoms with E-state index in [2.05, 4.69) is 10.4 Å². The number of rotatable bonds is 5. The average molecular weight is 399 g/mol. The van der Waals surface area contributed by atoms with E-state index < -0.39 is 21.9 Å². The van der Waals surface area contributed by atoms with E-state index in [9.17, 15) is 20.1 Å². The fraction of sp³-hybridized carbons (Fsp3) is 0.357. The molecule has 0 radical (unpaired) electrons. The van der Waals surface area contributed by atoms with Gasteiger partial charge in [0.1, 0.15) is 10.7 Å². The number of thiocarbonyl (C=S) groups is 1. The molecule has 1 atom stereocenters. The van der Waals surface area contributed by atoms with Crippen molar-refractivity contribution in [2.75, 3.05) is 7.05 Å². The fourth-order valence-electron chi connectivity index (χ4n) is 2.23. The molecule has 1 saturated heterocycles. The van der Waals surface area contributed by atoms with E-state index in [1.807, 2.05) is 13.8 Å². The van der Waals surface area contributed by atoms with Crippen LogP contribution in [0.2, 0.25) is 0 Å². The lowest BCUT2D eigenvalue weighted by Gasteiger charge is -2.33. The van der Waals surface area contributed by atoms with Crippen molar-refractivity contribution >= 4 is 52.5 Å². The highest BCUT2D eigenvalue weighted by Gasteiger charge is 2.49. The standard InChI is InChI=1S/C14H17N5O5S2/c1-14(2)11(18(21)12(20)15-3)17(13(25)26-14)16-8-4-5-9-6-7-10(24-9)19(22)23/h4-8,11,21H,1-3H3,(H,15,20). The second-order valence-electron chi connectivity index (χ2n) is 5.65. The molecule has 1 aliphatic rings. The van der Waals surface area contributed by atoms with E-state index in [4.69, 9.17) is 16.6 Å². The maximum Gasteiger partial charge on any atom is 0.433 e. The Bertz CT molecular complexity index is 776. The van der Waals surface area contributed by atoms with Crippen molar-refractivity contribution in [3.05, 3.63) is 34.1 Å². The highest BCUT2D eigenvalue weighted by atomic mass is 32.2. The highest BCUT2D eigenvalue weighted by molar-refractivity contribution is 8.24. The molecule has 0 aliphatic carbocycles. The van der Waals surface area contributed by atoms with Crippen molar-refractivity contribution < 1.29 is 19.3 Å². The maximum atomic E-state index is 11.8. The van der Waals surface area contributed by atoms with E-state index in [1.54, 1.807) is 0 Å². The maximum absolute atomic E-state index is 11.8. The third kappa shape index (κ3) is 4.20. The zero-order valence-corrected chi connectivity index (χ0v) is 15.8. The lowest BCUT2D eigenvalue weighted by atomic mass is 10.1. The summed E-state index contributed by atoms with van der Waals surface area (Å²) in [6, 6.07) is 2.01. The molecule has 1 unspecified atom stereocenters. The van der Waals surface area contributed by atoms with Gasteiger partial charge in [-0.1, -0.05) is 24.0 Å². The molecule has 2 rings (SSSR count). The Morgan fingerprint density at radius 3 is 2.88 bits per heavy atom. The molecule has 2 amide bonds. The summed E-state index contributed by atoms with van der Waals surface area (Å²) in [4.78, 5) is 21.7. The first-order valence-electron chi connectivity index (χ1n) is 7.34. The van der Waals surface area contributed by atoms with Gasteiger partial charge in [-0.3, -0.25) is 15.3 Å². The molecule has 1 aliphatic heterocycles. The molecule has 2 heterocycles. The number of nitrogens with zero attached hydrogens (tertiary/aromatic N) is 4. The Labute approximate surface area is 158 Å². The average Bonchev–Trinajstić information content (AvgIpc) is 3.12. The molecule has 0 aromatic carbocycles. The van der Waals surface area contributed by atoms with Crippen LogP contribution in [0.1, 0.15) is 19.6 Å². The summed E-state index contributed by atoms with van der Waals surface area (Å²) in [5, 5.41) is 29.2. The van der Waals surface area contributed by atoms with Gasteiger partial charge < -0.3 is 9.73 Å². The number of urea groups is 1. The zero-order valence-electron chi connectivity index (χ0n) is 14.1. The van der Waals surface area contributed by atoms with Crippen LogP contribution in [0.15, 0.2) is 27.7 Å². The minimum Gasteiger partial charge on any atom is -0.401 e. The largest absolute Gasteiger partial charge is 0.433 e. The number of hydrogen-bond acceptors (Lipinski definition) is 8. The van der Waals surface area contributed by atoms with E-state index in [-0.39, 0.29) is 11.6 Å². The topological polar surface area (TPSA) is 124 Å². The van der Waals surface area contributed by atoms with Gasteiger partial charge in [-0.15, -0.1) is 0 Å². The second-order valence-corrected chi connectivity index (χ2v) is 7.93. The first-order valence-corrected chi connectivity index (χ1v) is 8.56. The minimum atomic E-state index is -0.811. The van der Waals surface area contributed by atoms with Gasteiger partial charge in [0.2, 0.25) is 0 Å². The summed E-state index contributed by atoms with van der Waals surface area (Å²) in [6.45, 7) is 3.66. The van der Waals surface area contributed by atoms with Crippen LogP contribution in [0.25, 0.3) is 6.08 Å². The Hall–Kier alpha value is -2.44. The smallest absolute Gasteiger partial charge is 0.401 e. The summed E-state index contributed by atoms with van der Waals surface area (Å²) < 4.78 is 4.78. The van der Waals surface area contributed by atoms with Crippen LogP contribution in [0.3, 0.4) is 0 Å². The summed E-state index contributed by atoms with van der Waals surface area (Å²) in [6.07, 6.45) is 3.56. The van der Waals surface area contributed by atoms with Crippen LogP contribution in [0.5, 0.6) is 0 Å². The van der Waals surface area contributed by atoms with Crippen LogP contribution in [-0.4, -0.2) is 54.7 Å². The van der Waals surface area contributed by atoms with Gasteiger partial charge in [-0.05, 0) is 32.1 Å². The fourth-order valence-corrected chi connectivity index (χ4v) is 4.02. The first kappa shape index (κ1) is 19.9. The van der Waals surface area contributed by atoms with E-state index in [0.29, 0.717) is 9.38 Å². The van der Waals surface area contributed by atoms with E-state index in [0.717, 1.165) is 0 Å². The number of hydrogen-bond donors (Lipinski definition) is 2. The molecule has 0 bridgehead atoms. The number of hydroxylamine groups is 2. The third-order valence-corrected chi connectivity index (χ3v) is 4.91. The summed E-state index contributed by atoms with van der Waals surface area (Å²) in [7, 11) is 1.40. The van der Waals surface area contributed by atoms with Crippen molar-refractivity contribution in [2.24, 2.45) is 5.10 Å². The Morgan fingerprint density at radius 2 is 2.31 bits per heavy atom. The normalized spacial score (nSPS) is 19.5. The molecule has 2 N–H and O–H groups in total. The van der Waals surface area contributed by atoms with Gasteiger partial charge in [-0.25, -0.2) is 9.80 Å². The number of hydrazone groups is 1. The van der Waals surface area contributed by atoms with Crippen molar-refractivity contribution in [3.63, 3.8) is 0 Å². The Morgan fingerprint density at radius 1 is 1.62 bits per heavy atom. The van der Waals surface area contributed by atoms with Gasteiger partial charge in [0.05, 0.1) is 10.8 Å². The number of nitrogens with one attached hydrogen (secondary N) is 1. The minimum absolute atomic E-state index is 0.285. The van der Waals surface area contributed by atoms with Crippen molar-refractivity contribution in [2.45, 2.75) is 24.8 Å². The molecule has 140 valence electrons. The molecule has 26 heavy (non-hydrogen) atoms. The van der Waals surface area contributed by atoms with E-state index in [1.165, 1.54) is 54.3 Å². The van der Waals surface area contributed by atoms with Gasteiger partial charge in [0, 0.05) is 13.3 Å². The van der Waals surface area contributed by atoms with Crippen molar-refractivity contribution in [1.82, 2.24) is 15.4 Å². The predicted molar refractivity (Wildman–Crippen MR) is 101 cm³/mol. The van der Waals surface area contributed by atoms with Gasteiger partial charge in [0.25, 0.3) is 0 Å². The predicted octanol–water partition coefficient (Wildman–Crippen LogP) is 2.66. The van der Waals surface area contributed by atoms with E-state index >= 15 is 0 Å². The number of amides is 2. The number of carbonyl (C=O) groups is 1. The molecule has 1 aromatic rings. The van der Waals surface area contributed by atoms with Crippen molar-refractivity contribution in [1.29, 1.82) is 0 Å². The zero-order chi connectivity index (χ0) is 19.5. The van der Waals surface area contributed by atoms with Crippen LogP contribution >= 0.6 is 24.0 Å². The lowest BCUT2D eigenvalue weighted by Crippen LogP contribution is -2.55. The van der Waals surface area contributed by atoms with Crippen LogP contribution in [0, 0.1) is 10.1 Å². The number of furan rings is 1.